The summed E-state index contributed by atoms with van der Waals surface area (Å²) < 4.78 is 4.93. The summed E-state index contributed by atoms with van der Waals surface area (Å²) in [6.07, 6.45) is 5.33. The maximum absolute atomic E-state index is 12.9. The van der Waals surface area contributed by atoms with Crippen LogP contribution in [0.3, 0.4) is 0 Å². The molecule has 0 spiro atoms. The zero-order chi connectivity index (χ0) is 20.3. The number of nitrogens with zero attached hydrogens (tertiary/aromatic N) is 1. The first-order valence-electron chi connectivity index (χ1n) is 10.1. The van der Waals surface area contributed by atoms with Crippen LogP contribution in [0.25, 0.3) is 0 Å². The van der Waals surface area contributed by atoms with Crippen molar-refractivity contribution in [2.45, 2.75) is 13.3 Å². The van der Waals surface area contributed by atoms with Crippen LogP contribution in [0.15, 0.2) is 36.4 Å². The van der Waals surface area contributed by atoms with Gasteiger partial charge < -0.3 is 10.1 Å². The molecule has 7 nitrogen and oxygen atoms in total. The fraction of sp³-hybridized carbons (Fsp3) is 0.455. The van der Waals surface area contributed by atoms with Crippen LogP contribution >= 0.6 is 0 Å². The van der Waals surface area contributed by atoms with Gasteiger partial charge in [-0.15, -0.1) is 0 Å². The van der Waals surface area contributed by atoms with Crippen molar-refractivity contribution in [1.82, 2.24) is 4.90 Å². The van der Waals surface area contributed by atoms with Crippen molar-refractivity contribution in [1.29, 1.82) is 0 Å². The Morgan fingerprint density at radius 2 is 1.62 bits per heavy atom. The van der Waals surface area contributed by atoms with E-state index in [1.807, 2.05) is 0 Å². The molecule has 150 valence electrons. The summed E-state index contributed by atoms with van der Waals surface area (Å²) >= 11 is 0. The number of carbonyl (C=O) groups excluding carboxylic acids is 4. The van der Waals surface area contributed by atoms with Crippen molar-refractivity contribution in [3.63, 3.8) is 0 Å². The average Bonchev–Trinajstić information content (AvgIpc) is 3.50. The molecule has 29 heavy (non-hydrogen) atoms. The molecule has 4 aliphatic carbocycles. The zero-order valence-corrected chi connectivity index (χ0v) is 16.0. The molecule has 1 N–H and O–H groups in total. The Kier molecular flexibility index (Phi) is 4.08. The standard InChI is InChI=1S/C22H22N2O5/c1-2-29-22(28)11-3-5-12(6-4-11)23-17(25)10-24-20(26)18-13-7-8-14(16-9-15(13)16)19(18)21(24)27/h3-8,13-16,18-19H,2,9-10H2,1H3,(H,23,25)/t13-,14+,15+,16-,18-,19+. The van der Waals surface area contributed by atoms with Crippen LogP contribution in [0.1, 0.15) is 23.7 Å². The van der Waals surface area contributed by atoms with Crippen LogP contribution in [0.2, 0.25) is 0 Å². The smallest absolute Gasteiger partial charge is 0.338 e. The summed E-state index contributed by atoms with van der Waals surface area (Å²) in [5.41, 5.74) is 0.878. The molecular formula is C22H22N2O5. The molecule has 7 heteroatoms. The maximum atomic E-state index is 12.9. The summed E-state index contributed by atoms with van der Waals surface area (Å²) in [4.78, 5) is 51.1. The van der Waals surface area contributed by atoms with Crippen LogP contribution in [-0.2, 0) is 19.1 Å². The second-order valence-corrected chi connectivity index (χ2v) is 8.26. The quantitative estimate of drug-likeness (QED) is 0.467. The summed E-state index contributed by atoms with van der Waals surface area (Å²) in [5, 5.41) is 2.69. The molecule has 0 aromatic heterocycles. The maximum Gasteiger partial charge on any atom is 0.338 e. The number of rotatable bonds is 5. The predicted octanol–water partition coefficient (Wildman–Crippen LogP) is 1.85. The van der Waals surface area contributed by atoms with Gasteiger partial charge in [0.2, 0.25) is 17.7 Å². The van der Waals surface area contributed by atoms with E-state index in [1.54, 1.807) is 31.2 Å². The Balaban J connectivity index is 1.24. The van der Waals surface area contributed by atoms with Gasteiger partial charge in [0.25, 0.3) is 0 Å². The number of anilines is 1. The van der Waals surface area contributed by atoms with E-state index in [0.29, 0.717) is 23.1 Å². The van der Waals surface area contributed by atoms with Crippen LogP contribution in [-0.4, -0.2) is 41.7 Å². The summed E-state index contributed by atoms with van der Waals surface area (Å²) in [7, 11) is 0. The second-order valence-electron chi connectivity index (χ2n) is 8.26. The highest BCUT2D eigenvalue weighted by Crippen LogP contribution is 2.65. The van der Waals surface area contributed by atoms with Crippen LogP contribution in [0.5, 0.6) is 0 Å². The van der Waals surface area contributed by atoms with E-state index in [0.717, 1.165) is 11.3 Å². The van der Waals surface area contributed by atoms with Gasteiger partial charge in [0.1, 0.15) is 6.54 Å². The molecule has 1 heterocycles. The first-order valence-corrected chi connectivity index (χ1v) is 10.1. The summed E-state index contributed by atoms with van der Waals surface area (Å²) in [5.74, 6) is -0.498. The summed E-state index contributed by atoms with van der Waals surface area (Å²) in [6, 6.07) is 6.30. The number of amides is 3. The van der Waals surface area contributed by atoms with Crippen molar-refractivity contribution < 1.29 is 23.9 Å². The fourth-order valence-corrected chi connectivity index (χ4v) is 5.42. The Morgan fingerprint density at radius 3 is 2.17 bits per heavy atom. The van der Waals surface area contributed by atoms with Gasteiger partial charge in [0, 0.05) is 5.69 Å². The molecule has 3 amide bonds. The van der Waals surface area contributed by atoms with Crippen LogP contribution in [0.4, 0.5) is 5.69 Å². The fourth-order valence-electron chi connectivity index (χ4n) is 5.42. The lowest BCUT2D eigenvalue weighted by atomic mass is 9.63. The molecule has 3 fully saturated rings. The molecule has 6 rings (SSSR count). The zero-order valence-electron chi connectivity index (χ0n) is 16.0. The van der Waals surface area contributed by atoms with Crippen molar-refractivity contribution in [3.05, 3.63) is 42.0 Å². The summed E-state index contributed by atoms with van der Waals surface area (Å²) in [6.45, 7) is 1.74. The topological polar surface area (TPSA) is 92.8 Å². The number of carbonyl (C=O) groups is 4. The van der Waals surface area contributed by atoms with Crippen molar-refractivity contribution in [3.8, 4) is 0 Å². The van der Waals surface area contributed by atoms with Gasteiger partial charge in [-0.25, -0.2) is 4.79 Å². The van der Waals surface area contributed by atoms with E-state index >= 15 is 0 Å². The van der Waals surface area contributed by atoms with E-state index in [4.69, 9.17) is 4.74 Å². The third kappa shape index (κ3) is 2.79. The number of esters is 1. The van der Waals surface area contributed by atoms with Gasteiger partial charge in [-0.2, -0.15) is 0 Å². The van der Waals surface area contributed by atoms with Crippen molar-refractivity contribution in [2.75, 3.05) is 18.5 Å². The van der Waals surface area contributed by atoms with Gasteiger partial charge in [0.15, 0.2) is 0 Å². The monoisotopic (exact) mass is 394 g/mol. The van der Waals surface area contributed by atoms with Crippen molar-refractivity contribution >= 4 is 29.4 Å². The highest BCUT2D eigenvalue weighted by Gasteiger charge is 2.67. The third-order valence-electron chi connectivity index (χ3n) is 6.74. The van der Waals surface area contributed by atoms with Gasteiger partial charge in [-0.3, -0.25) is 19.3 Å². The number of benzene rings is 1. The number of ether oxygens (including phenoxy) is 1. The minimum absolute atomic E-state index is 0.148. The molecule has 1 aromatic rings. The molecule has 1 saturated heterocycles. The molecule has 6 atom stereocenters. The van der Waals surface area contributed by atoms with Gasteiger partial charge in [0.05, 0.1) is 24.0 Å². The second kappa shape index (κ2) is 6.54. The molecule has 5 aliphatic rings. The average molecular weight is 394 g/mol. The van der Waals surface area contributed by atoms with E-state index in [2.05, 4.69) is 17.5 Å². The van der Waals surface area contributed by atoms with Gasteiger partial charge in [-0.1, -0.05) is 12.2 Å². The molecule has 0 unspecified atom stereocenters. The van der Waals surface area contributed by atoms with E-state index in [-0.39, 0.29) is 48.6 Å². The number of nitrogens with one attached hydrogen (secondary N) is 1. The van der Waals surface area contributed by atoms with Crippen LogP contribution < -0.4 is 5.32 Å². The lowest BCUT2D eigenvalue weighted by Crippen LogP contribution is -2.40. The number of likely N-dealkylation sites (tertiary alicyclic amines) is 1. The molecular weight excluding hydrogens is 372 g/mol. The Hall–Kier alpha value is -2.96. The minimum Gasteiger partial charge on any atom is -0.462 e. The number of imide groups is 1. The molecule has 0 radical (unpaired) electrons. The first-order chi connectivity index (χ1) is 14.0. The minimum atomic E-state index is -0.431. The number of hydrogen-bond acceptors (Lipinski definition) is 5. The molecule has 2 saturated carbocycles. The Bertz CT molecular complexity index is 901. The third-order valence-corrected chi connectivity index (χ3v) is 6.74. The largest absolute Gasteiger partial charge is 0.462 e. The lowest BCUT2D eigenvalue weighted by Gasteiger charge is -2.37. The molecule has 1 aliphatic heterocycles. The first kappa shape index (κ1) is 18.1. The SMILES string of the molecule is CCOC(=O)c1ccc(NC(=O)CN2C(=O)[C@@H]3[C@@H]4C=C[C@@H]([C@H]5C[C@@H]45)[C@@H]3C2=O)cc1. The number of allylic oxidation sites excluding steroid dienone is 2. The van der Waals surface area contributed by atoms with Gasteiger partial charge in [-0.05, 0) is 61.3 Å². The molecule has 1 aromatic carbocycles. The van der Waals surface area contributed by atoms with E-state index < -0.39 is 11.9 Å². The predicted molar refractivity (Wildman–Crippen MR) is 102 cm³/mol. The highest BCUT2D eigenvalue weighted by molar-refractivity contribution is 6.09. The van der Waals surface area contributed by atoms with Crippen LogP contribution in [0, 0.1) is 35.5 Å². The number of hydrogen-bond donors (Lipinski definition) is 1. The normalized spacial score (nSPS) is 33.3. The molecule has 2 bridgehead atoms. The van der Waals surface area contributed by atoms with E-state index in [1.165, 1.54) is 0 Å². The van der Waals surface area contributed by atoms with Gasteiger partial charge >= 0.3 is 5.97 Å². The highest BCUT2D eigenvalue weighted by atomic mass is 16.5. The lowest BCUT2D eigenvalue weighted by molar-refractivity contribution is -0.142. The van der Waals surface area contributed by atoms with E-state index in [9.17, 15) is 19.2 Å². The Labute approximate surface area is 168 Å². The Morgan fingerprint density at radius 1 is 1.03 bits per heavy atom. The van der Waals surface area contributed by atoms with Crippen molar-refractivity contribution in [2.24, 2.45) is 35.5 Å².